The van der Waals surface area contributed by atoms with E-state index in [4.69, 9.17) is 4.74 Å². The molecule has 0 aliphatic heterocycles. The lowest BCUT2D eigenvalue weighted by atomic mass is 10.2. The first-order valence-electron chi connectivity index (χ1n) is 7.78. The van der Waals surface area contributed by atoms with Crippen LogP contribution in [0.15, 0.2) is 24.3 Å². The summed E-state index contributed by atoms with van der Waals surface area (Å²) in [7, 11) is 5.72. The Morgan fingerprint density at radius 2 is 1.86 bits per heavy atom. The van der Waals surface area contributed by atoms with Crippen molar-refractivity contribution in [2.24, 2.45) is 0 Å². The summed E-state index contributed by atoms with van der Waals surface area (Å²) in [5.41, 5.74) is 0. The molecule has 22 heavy (non-hydrogen) atoms. The Kier molecular flexibility index (Phi) is 10.2. The van der Waals surface area contributed by atoms with Crippen molar-refractivity contribution in [2.75, 3.05) is 27.7 Å². The number of esters is 1. The van der Waals surface area contributed by atoms with Crippen molar-refractivity contribution in [1.82, 2.24) is 0 Å². The van der Waals surface area contributed by atoms with Crippen LogP contribution in [0.25, 0.3) is 0 Å². The quantitative estimate of drug-likeness (QED) is 0.190. The molecule has 0 amide bonds. The standard InChI is InChI=1S/C17H29NO4/c1-5-6-7-8-9-10-11-12-17(21)22-15(13-16(19)20)14-18(2,3)4/h9-12,15H,5-8,13-14H2,1-4H3/b10-9-,12-11+. The number of nitrogens with zero attached hydrogens (tertiary/aromatic N) is 1. The minimum atomic E-state index is -1.22. The average Bonchev–Trinajstić information content (AvgIpc) is 2.34. The van der Waals surface area contributed by atoms with Gasteiger partial charge < -0.3 is 19.1 Å². The highest BCUT2D eigenvalue weighted by Crippen LogP contribution is 2.05. The first kappa shape index (κ1) is 20.4. The predicted octanol–water partition coefficient (Wildman–Crippen LogP) is 1.44. The third-order valence-electron chi connectivity index (χ3n) is 2.88. The second kappa shape index (κ2) is 11.0. The molecule has 126 valence electrons. The molecule has 0 aromatic rings. The number of carboxylic acids is 1. The number of allylic oxidation sites excluding steroid dienone is 3. The summed E-state index contributed by atoms with van der Waals surface area (Å²) in [4.78, 5) is 22.4. The molecule has 0 heterocycles. The number of aliphatic carboxylic acids is 1. The fourth-order valence-corrected chi connectivity index (χ4v) is 1.96. The molecule has 0 aliphatic rings. The van der Waals surface area contributed by atoms with Crippen LogP contribution in [0.4, 0.5) is 0 Å². The lowest BCUT2D eigenvalue weighted by Crippen LogP contribution is -2.45. The van der Waals surface area contributed by atoms with E-state index in [1.807, 2.05) is 33.3 Å². The molecule has 5 nitrogen and oxygen atoms in total. The fraction of sp³-hybridized carbons (Fsp3) is 0.647. The number of quaternary nitrogens is 1. The molecule has 0 rings (SSSR count). The minimum absolute atomic E-state index is 0.290. The molecule has 0 aromatic carbocycles. The van der Waals surface area contributed by atoms with Crippen molar-refractivity contribution >= 4 is 11.9 Å². The van der Waals surface area contributed by atoms with Gasteiger partial charge in [0.05, 0.1) is 21.1 Å². The lowest BCUT2D eigenvalue weighted by molar-refractivity contribution is -0.873. The number of carboxylic acid groups (broad SMARTS) is 1. The Balaban J connectivity index is 4.29. The van der Waals surface area contributed by atoms with Crippen molar-refractivity contribution in [3.05, 3.63) is 24.3 Å². The fourth-order valence-electron chi connectivity index (χ4n) is 1.96. The third kappa shape index (κ3) is 13.4. The zero-order valence-electron chi connectivity index (χ0n) is 14.2. The predicted molar refractivity (Wildman–Crippen MR) is 84.8 cm³/mol. The molecule has 0 fully saturated rings. The molecule has 0 saturated carbocycles. The summed E-state index contributed by atoms with van der Waals surface area (Å²) >= 11 is 0. The maximum absolute atomic E-state index is 11.7. The van der Waals surface area contributed by atoms with E-state index in [0.29, 0.717) is 11.0 Å². The summed E-state index contributed by atoms with van der Waals surface area (Å²) in [5, 5.41) is 10.7. The van der Waals surface area contributed by atoms with E-state index in [2.05, 4.69) is 6.92 Å². The van der Waals surface area contributed by atoms with Gasteiger partial charge in [0, 0.05) is 18.5 Å². The molecule has 0 radical (unpaired) electrons. The van der Waals surface area contributed by atoms with Crippen LogP contribution in [0.1, 0.15) is 39.0 Å². The molecule has 1 atom stereocenters. The largest absolute Gasteiger partial charge is 0.550 e. The molecule has 0 aliphatic carbocycles. The van der Waals surface area contributed by atoms with Gasteiger partial charge in [-0.2, -0.15) is 0 Å². The Morgan fingerprint density at radius 1 is 1.18 bits per heavy atom. The van der Waals surface area contributed by atoms with E-state index in [0.717, 1.165) is 12.8 Å². The number of likely N-dealkylation sites (N-methyl/N-ethyl adjacent to an activating group) is 1. The van der Waals surface area contributed by atoms with Gasteiger partial charge in [0.2, 0.25) is 0 Å². The maximum atomic E-state index is 11.7. The van der Waals surface area contributed by atoms with Crippen LogP contribution < -0.4 is 5.11 Å². The van der Waals surface area contributed by atoms with Crippen LogP contribution in [0.3, 0.4) is 0 Å². The van der Waals surface area contributed by atoms with Gasteiger partial charge in [0.25, 0.3) is 0 Å². The summed E-state index contributed by atoms with van der Waals surface area (Å²) in [6, 6.07) is 0. The zero-order chi connectivity index (χ0) is 17.0. The van der Waals surface area contributed by atoms with Gasteiger partial charge in [-0.25, -0.2) is 4.79 Å². The summed E-state index contributed by atoms with van der Waals surface area (Å²) in [6.07, 6.45) is 10.3. The number of hydrogen-bond donors (Lipinski definition) is 0. The normalized spacial score (nSPS) is 13.6. The minimum Gasteiger partial charge on any atom is -0.550 e. The lowest BCUT2D eigenvalue weighted by Gasteiger charge is -2.28. The summed E-state index contributed by atoms with van der Waals surface area (Å²) in [6.45, 7) is 2.57. The van der Waals surface area contributed by atoms with Gasteiger partial charge in [-0.05, 0) is 12.8 Å². The van der Waals surface area contributed by atoms with Gasteiger partial charge in [-0.15, -0.1) is 0 Å². The van der Waals surface area contributed by atoms with Gasteiger partial charge in [0.1, 0.15) is 6.54 Å². The zero-order valence-corrected chi connectivity index (χ0v) is 14.2. The Hall–Kier alpha value is -1.62. The maximum Gasteiger partial charge on any atom is 0.331 e. The van der Waals surface area contributed by atoms with E-state index in [-0.39, 0.29) is 6.42 Å². The van der Waals surface area contributed by atoms with Crippen LogP contribution in [-0.4, -0.2) is 50.2 Å². The van der Waals surface area contributed by atoms with E-state index in [1.54, 1.807) is 6.08 Å². The Morgan fingerprint density at radius 3 is 2.41 bits per heavy atom. The molecule has 5 heteroatoms. The molecule has 0 aromatic heterocycles. The van der Waals surface area contributed by atoms with Crippen molar-refractivity contribution in [3.8, 4) is 0 Å². The SMILES string of the molecule is CCCCC/C=C\C=C\C(=O)OC(CC(=O)[O-])C[N+](C)(C)C. The van der Waals surface area contributed by atoms with Crippen molar-refractivity contribution in [1.29, 1.82) is 0 Å². The van der Waals surface area contributed by atoms with Crippen LogP contribution in [0.5, 0.6) is 0 Å². The van der Waals surface area contributed by atoms with Crippen LogP contribution in [0.2, 0.25) is 0 Å². The van der Waals surface area contributed by atoms with Crippen LogP contribution in [-0.2, 0) is 14.3 Å². The third-order valence-corrected chi connectivity index (χ3v) is 2.88. The summed E-state index contributed by atoms with van der Waals surface area (Å²) < 4.78 is 5.69. The molecular weight excluding hydrogens is 282 g/mol. The molecule has 0 saturated heterocycles. The number of hydrogen-bond acceptors (Lipinski definition) is 4. The highest BCUT2D eigenvalue weighted by atomic mass is 16.5. The number of carbonyl (C=O) groups excluding carboxylic acids is 2. The number of unbranched alkanes of at least 4 members (excludes halogenated alkanes) is 3. The molecule has 0 bridgehead atoms. The first-order chi connectivity index (χ1) is 10.2. The number of ether oxygens (including phenoxy) is 1. The van der Waals surface area contributed by atoms with Crippen LogP contribution in [0, 0.1) is 0 Å². The molecular formula is C17H29NO4. The molecule has 1 unspecified atom stereocenters. The Labute approximate surface area is 133 Å². The molecule has 0 spiro atoms. The first-order valence-corrected chi connectivity index (χ1v) is 7.78. The van der Waals surface area contributed by atoms with E-state index < -0.39 is 18.0 Å². The van der Waals surface area contributed by atoms with Gasteiger partial charge >= 0.3 is 5.97 Å². The van der Waals surface area contributed by atoms with Gasteiger partial charge in [0.15, 0.2) is 6.10 Å². The van der Waals surface area contributed by atoms with E-state index >= 15 is 0 Å². The van der Waals surface area contributed by atoms with E-state index in [1.165, 1.54) is 18.9 Å². The van der Waals surface area contributed by atoms with Gasteiger partial charge in [-0.1, -0.05) is 38.0 Å². The average molecular weight is 311 g/mol. The highest BCUT2D eigenvalue weighted by Gasteiger charge is 2.21. The topological polar surface area (TPSA) is 66.4 Å². The second-order valence-electron chi connectivity index (χ2n) is 6.39. The highest BCUT2D eigenvalue weighted by molar-refractivity contribution is 5.82. The van der Waals surface area contributed by atoms with Crippen molar-refractivity contribution < 1.29 is 23.9 Å². The smallest absolute Gasteiger partial charge is 0.331 e. The summed E-state index contributed by atoms with van der Waals surface area (Å²) in [5.74, 6) is -1.75. The van der Waals surface area contributed by atoms with Gasteiger partial charge in [-0.3, -0.25) is 0 Å². The number of rotatable bonds is 11. The molecule has 0 N–H and O–H groups in total. The van der Waals surface area contributed by atoms with Crippen LogP contribution >= 0.6 is 0 Å². The van der Waals surface area contributed by atoms with Crippen molar-refractivity contribution in [3.63, 3.8) is 0 Å². The van der Waals surface area contributed by atoms with E-state index in [9.17, 15) is 14.7 Å². The number of carbonyl (C=O) groups is 2. The second-order valence-corrected chi connectivity index (χ2v) is 6.39. The van der Waals surface area contributed by atoms with Crippen molar-refractivity contribution in [2.45, 2.75) is 45.1 Å². The monoisotopic (exact) mass is 311 g/mol. The Bertz CT molecular complexity index is 394.